The topological polar surface area (TPSA) is 143 Å². The molecule has 0 atom stereocenters. The van der Waals surface area contributed by atoms with E-state index in [0.29, 0.717) is 5.02 Å². The van der Waals surface area contributed by atoms with E-state index >= 15 is 0 Å². The van der Waals surface area contributed by atoms with Crippen molar-refractivity contribution in [1.82, 2.24) is 4.98 Å². The lowest BCUT2D eigenvalue weighted by Crippen LogP contribution is -2.24. The molecule has 0 saturated heterocycles. The van der Waals surface area contributed by atoms with E-state index in [-0.39, 0.29) is 23.5 Å². The van der Waals surface area contributed by atoms with Crippen LogP contribution in [-0.4, -0.2) is 27.1 Å². The van der Waals surface area contributed by atoms with Crippen molar-refractivity contribution in [3.63, 3.8) is 0 Å². The molecule has 0 saturated carbocycles. The second kappa shape index (κ2) is 8.07. The fraction of sp³-hybridized carbons (Fsp3) is 0.0500. The average Bonchev–Trinajstić information content (AvgIpc) is 2.65. The van der Waals surface area contributed by atoms with E-state index in [1.54, 1.807) is 36.4 Å². The lowest BCUT2D eigenvalue weighted by atomic mass is 9.94. The summed E-state index contributed by atoms with van der Waals surface area (Å²) in [5.74, 6) is -3.34. The molecule has 3 aromatic rings. The number of hydrogen-bond acceptors (Lipinski definition) is 5. The molecule has 9 heteroatoms. The molecule has 0 aliphatic heterocycles. The number of rotatable bonds is 6. The van der Waals surface area contributed by atoms with Crippen molar-refractivity contribution >= 4 is 29.4 Å². The van der Waals surface area contributed by atoms with Crippen LogP contribution in [0, 0.1) is 0 Å². The Morgan fingerprint density at radius 2 is 1.72 bits per heavy atom. The van der Waals surface area contributed by atoms with Gasteiger partial charge in [0.15, 0.2) is 0 Å². The fourth-order valence-corrected chi connectivity index (χ4v) is 3.12. The molecule has 0 unspecified atom stereocenters. The van der Waals surface area contributed by atoms with E-state index in [4.69, 9.17) is 22.1 Å². The molecule has 1 heterocycles. The first kappa shape index (κ1) is 20.0. The van der Waals surface area contributed by atoms with Gasteiger partial charge in [0.25, 0.3) is 5.56 Å². The molecule has 5 N–H and O–H groups in total. The van der Waals surface area contributed by atoms with E-state index in [1.807, 2.05) is 0 Å². The number of carboxylic acid groups (broad SMARTS) is 2. The standard InChI is InChI=1S/C20H15ClN2O6/c21-11-5-3-4-10(8-11)9-29-13-7-2-1-6-12(13)14-15(19(25)26)17(22)23-18(24)16(14)20(27)28/h1-8H,9H2,(H,25,26)(H,27,28)(H3,22,23,24). The van der Waals surface area contributed by atoms with Crippen molar-refractivity contribution in [3.8, 4) is 16.9 Å². The van der Waals surface area contributed by atoms with Crippen molar-refractivity contribution in [2.45, 2.75) is 6.61 Å². The van der Waals surface area contributed by atoms with Gasteiger partial charge >= 0.3 is 11.9 Å². The molecule has 0 bridgehead atoms. The fourth-order valence-electron chi connectivity index (χ4n) is 2.90. The van der Waals surface area contributed by atoms with Gasteiger partial charge in [-0.2, -0.15) is 0 Å². The van der Waals surface area contributed by atoms with Crippen molar-refractivity contribution in [3.05, 3.63) is 80.6 Å². The summed E-state index contributed by atoms with van der Waals surface area (Å²) in [5.41, 5.74) is 3.93. The molecule has 8 nitrogen and oxygen atoms in total. The summed E-state index contributed by atoms with van der Waals surface area (Å²) in [5, 5.41) is 19.6. The highest BCUT2D eigenvalue weighted by atomic mass is 35.5. The van der Waals surface area contributed by atoms with Crippen molar-refractivity contribution in [1.29, 1.82) is 0 Å². The number of halogens is 1. The zero-order valence-electron chi connectivity index (χ0n) is 14.8. The van der Waals surface area contributed by atoms with Gasteiger partial charge in [0.2, 0.25) is 0 Å². The van der Waals surface area contributed by atoms with E-state index in [0.717, 1.165) is 5.56 Å². The lowest BCUT2D eigenvalue weighted by molar-refractivity contribution is 0.0695. The zero-order chi connectivity index (χ0) is 21.1. The predicted octanol–water partition coefficient (Wildman–Crippen LogP) is 3.25. The minimum absolute atomic E-state index is 0.0844. The zero-order valence-corrected chi connectivity index (χ0v) is 15.6. The number of nitrogens with two attached hydrogens (primary N) is 1. The summed E-state index contributed by atoms with van der Waals surface area (Å²) >= 11 is 5.96. The highest BCUT2D eigenvalue weighted by molar-refractivity contribution is 6.30. The van der Waals surface area contributed by atoms with Gasteiger partial charge in [-0.15, -0.1) is 0 Å². The van der Waals surface area contributed by atoms with Gasteiger partial charge in [-0.3, -0.25) is 4.79 Å². The molecule has 0 amide bonds. The van der Waals surface area contributed by atoms with E-state index in [9.17, 15) is 24.6 Å². The quantitative estimate of drug-likeness (QED) is 0.484. The summed E-state index contributed by atoms with van der Waals surface area (Å²) in [6.45, 7) is 0.0844. The number of anilines is 1. The van der Waals surface area contributed by atoms with Crippen LogP contribution in [0.25, 0.3) is 11.1 Å². The largest absolute Gasteiger partial charge is 0.488 e. The summed E-state index contributed by atoms with van der Waals surface area (Å²) in [7, 11) is 0. The number of aromatic carboxylic acids is 2. The number of para-hydroxylation sites is 1. The number of pyridine rings is 1. The van der Waals surface area contributed by atoms with Crippen LogP contribution in [0.3, 0.4) is 0 Å². The number of carboxylic acids is 2. The molecule has 0 aliphatic rings. The highest BCUT2D eigenvalue weighted by Gasteiger charge is 2.28. The maximum absolute atomic E-state index is 12.2. The first-order valence-corrected chi connectivity index (χ1v) is 8.66. The molecule has 0 radical (unpaired) electrons. The monoisotopic (exact) mass is 414 g/mol. The van der Waals surface area contributed by atoms with Gasteiger partial charge in [-0.25, -0.2) is 9.59 Å². The number of benzene rings is 2. The maximum atomic E-state index is 12.2. The summed E-state index contributed by atoms with van der Waals surface area (Å²) in [6.07, 6.45) is 0. The second-order valence-corrected chi connectivity index (χ2v) is 6.45. The average molecular weight is 415 g/mol. The van der Waals surface area contributed by atoms with Gasteiger partial charge in [0.05, 0.1) is 0 Å². The molecule has 1 aromatic heterocycles. The van der Waals surface area contributed by atoms with Gasteiger partial charge < -0.3 is 25.7 Å². The molecule has 0 aliphatic carbocycles. The van der Waals surface area contributed by atoms with E-state index < -0.39 is 34.4 Å². The van der Waals surface area contributed by atoms with Crippen LogP contribution in [0.2, 0.25) is 5.02 Å². The molecule has 148 valence electrons. The van der Waals surface area contributed by atoms with Gasteiger partial charge in [-0.1, -0.05) is 41.9 Å². The van der Waals surface area contributed by atoms with Crippen LogP contribution >= 0.6 is 11.6 Å². The van der Waals surface area contributed by atoms with E-state index in [2.05, 4.69) is 4.98 Å². The summed E-state index contributed by atoms with van der Waals surface area (Å²) in [4.78, 5) is 37.8. The Hall–Kier alpha value is -3.78. The summed E-state index contributed by atoms with van der Waals surface area (Å²) < 4.78 is 5.78. The Bertz CT molecular complexity index is 1170. The van der Waals surface area contributed by atoms with Crippen LogP contribution < -0.4 is 16.0 Å². The molecular weight excluding hydrogens is 400 g/mol. The molecule has 0 fully saturated rings. The Morgan fingerprint density at radius 1 is 1.03 bits per heavy atom. The number of aromatic amines is 1. The van der Waals surface area contributed by atoms with Gasteiger partial charge in [-0.05, 0) is 23.8 Å². The normalized spacial score (nSPS) is 10.5. The smallest absolute Gasteiger partial charge is 0.342 e. The van der Waals surface area contributed by atoms with Crippen LogP contribution in [-0.2, 0) is 6.61 Å². The lowest BCUT2D eigenvalue weighted by Gasteiger charge is -2.16. The van der Waals surface area contributed by atoms with Gasteiger partial charge in [0.1, 0.15) is 29.3 Å². The maximum Gasteiger partial charge on any atom is 0.342 e. The second-order valence-electron chi connectivity index (χ2n) is 6.02. The number of H-pyrrole nitrogens is 1. The Balaban J connectivity index is 2.18. The number of aromatic nitrogens is 1. The van der Waals surface area contributed by atoms with Crippen molar-refractivity contribution < 1.29 is 24.5 Å². The minimum atomic E-state index is -1.59. The predicted molar refractivity (Wildman–Crippen MR) is 107 cm³/mol. The number of nitrogen functional groups attached to an aromatic ring is 1. The number of carbonyl (C=O) groups is 2. The van der Waals surface area contributed by atoms with Crippen LogP contribution in [0.15, 0.2) is 53.3 Å². The Labute approximate surface area is 169 Å². The van der Waals surface area contributed by atoms with Crippen molar-refractivity contribution in [2.24, 2.45) is 0 Å². The molecule has 29 heavy (non-hydrogen) atoms. The molecule has 3 rings (SSSR count). The highest BCUT2D eigenvalue weighted by Crippen LogP contribution is 2.36. The van der Waals surface area contributed by atoms with Crippen LogP contribution in [0.1, 0.15) is 26.3 Å². The molecule has 2 aromatic carbocycles. The first-order chi connectivity index (χ1) is 13.8. The minimum Gasteiger partial charge on any atom is -0.488 e. The first-order valence-electron chi connectivity index (χ1n) is 8.28. The van der Waals surface area contributed by atoms with Gasteiger partial charge in [0, 0.05) is 16.1 Å². The van der Waals surface area contributed by atoms with E-state index in [1.165, 1.54) is 12.1 Å². The van der Waals surface area contributed by atoms with Crippen LogP contribution in [0.5, 0.6) is 5.75 Å². The Kier molecular flexibility index (Phi) is 5.56. The molecule has 0 spiro atoms. The SMILES string of the molecule is Nc1[nH]c(=O)c(C(=O)O)c(-c2ccccc2OCc2cccc(Cl)c2)c1C(=O)O. The third kappa shape index (κ3) is 4.07. The number of nitrogens with one attached hydrogen (secondary N) is 1. The summed E-state index contributed by atoms with van der Waals surface area (Å²) in [6, 6.07) is 13.1. The molecular formula is C20H15ClN2O6. The number of ether oxygens (including phenoxy) is 1. The van der Waals surface area contributed by atoms with Crippen LogP contribution in [0.4, 0.5) is 5.82 Å². The third-order valence-electron chi connectivity index (χ3n) is 4.11. The van der Waals surface area contributed by atoms with Crippen molar-refractivity contribution in [2.75, 3.05) is 5.73 Å². The number of hydrogen-bond donors (Lipinski definition) is 4. The Morgan fingerprint density at radius 3 is 2.38 bits per heavy atom. The third-order valence-corrected chi connectivity index (χ3v) is 4.35.